The SMILES string of the molecule is CNc1cc(NCCC2CCC(C)CC2)ncn1. The molecule has 0 atom stereocenters. The topological polar surface area (TPSA) is 49.8 Å². The zero-order chi connectivity index (χ0) is 12.8. The maximum absolute atomic E-state index is 4.22. The molecule has 1 aromatic heterocycles. The molecule has 1 fully saturated rings. The summed E-state index contributed by atoms with van der Waals surface area (Å²) in [6, 6.07) is 1.95. The number of nitrogens with one attached hydrogen (secondary N) is 2. The summed E-state index contributed by atoms with van der Waals surface area (Å²) in [7, 11) is 1.87. The standard InChI is InChI=1S/C14H24N4/c1-11-3-5-12(6-4-11)7-8-16-14-9-13(15-2)17-10-18-14/h9-12H,3-8H2,1-2H3,(H2,15,16,17,18). The van der Waals surface area contributed by atoms with E-state index in [-0.39, 0.29) is 0 Å². The zero-order valence-corrected chi connectivity index (χ0v) is 11.4. The van der Waals surface area contributed by atoms with E-state index in [4.69, 9.17) is 0 Å². The fraction of sp³-hybridized carbons (Fsp3) is 0.714. The van der Waals surface area contributed by atoms with Crippen LogP contribution in [0, 0.1) is 11.8 Å². The van der Waals surface area contributed by atoms with Crippen LogP contribution in [-0.2, 0) is 0 Å². The first-order valence-electron chi connectivity index (χ1n) is 7.01. The molecule has 1 aromatic rings. The molecule has 1 aliphatic rings. The van der Waals surface area contributed by atoms with Crippen LogP contribution in [0.2, 0.25) is 0 Å². The van der Waals surface area contributed by atoms with Gasteiger partial charge in [0.25, 0.3) is 0 Å². The van der Waals surface area contributed by atoms with Crippen molar-refractivity contribution in [2.45, 2.75) is 39.0 Å². The van der Waals surface area contributed by atoms with Gasteiger partial charge in [-0.2, -0.15) is 0 Å². The molecule has 1 saturated carbocycles. The number of hydrogen-bond donors (Lipinski definition) is 2. The second-order valence-electron chi connectivity index (χ2n) is 5.38. The van der Waals surface area contributed by atoms with Crippen molar-refractivity contribution in [1.29, 1.82) is 0 Å². The molecule has 100 valence electrons. The minimum Gasteiger partial charge on any atom is -0.373 e. The van der Waals surface area contributed by atoms with E-state index in [1.54, 1.807) is 6.33 Å². The monoisotopic (exact) mass is 248 g/mol. The van der Waals surface area contributed by atoms with Crippen molar-refractivity contribution in [1.82, 2.24) is 9.97 Å². The average Bonchev–Trinajstić information content (AvgIpc) is 2.41. The van der Waals surface area contributed by atoms with E-state index < -0.39 is 0 Å². The van der Waals surface area contributed by atoms with Crippen LogP contribution in [0.1, 0.15) is 39.0 Å². The van der Waals surface area contributed by atoms with Gasteiger partial charge in [0.15, 0.2) is 0 Å². The molecule has 0 aliphatic heterocycles. The van der Waals surface area contributed by atoms with Crippen LogP contribution in [0.4, 0.5) is 11.6 Å². The van der Waals surface area contributed by atoms with Crippen molar-refractivity contribution in [3.63, 3.8) is 0 Å². The number of rotatable bonds is 5. The Labute approximate surface area is 110 Å². The molecule has 1 heterocycles. The molecule has 4 nitrogen and oxygen atoms in total. The minimum atomic E-state index is 0.860. The third kappa shape index (κ3) is 3.86. The van der Waals surface area contributed by atoms with E-state index >= 15 is 0 Å². The normalized spacial score (nSPS) is 23.7. The second kappa shape index (κ2) is 6.57. The fourth-order valence-corrected chi connectivity index (χ4v) is 2.61. The Morgan fingerprint density at radius 3 is 2.61 bits per heavy atom. The highest BCUT2D eigenvalue weighted by molar-refractivity contribution is 5.45. The van der Waals surface area contributed by atoms with Crippen molar-refractivity contribution < 1.29 is 0 Å². The summed E-state index contributed by atoms with van der Waals surface area (Å²) < 4.78 is 0. The summed E-state index contributed by atoms with van der Waals surface area (Å²) in [5.41, 5.74) is 0. The van der Waals surface area contributed by atoms with Gasteiger partial charge in [0.1, 0.15) is 18.0 Å². The molecular weight excluding hydrogens is 224 g/mol. The van der Waals surface area contributed by atoms with Gasteiger partial charge in [-0.05, 0) is 18.3 Å². The van der Waals surface area contributed by atoms with Crippen molar-refractivity contribution in [3.8, 4) is 0 Å². The maximum atomic E-state index is 4.22. The summed E-state index contributed by atoms with van der Waals surface area (Å²) in [4.78, 5) is 8.32. The van der Waals surface area contributed by atoms with Crippen molar-refractivity contribution >= 4 is 11.6 Å². The van der Waals surface area contributed by atoms with Crippen LogP contribution in [0.15, 0.2) is 12.4 Å². The van der Waals surface area contributed by atoms with Crippen molar-refractivity contribution in [3.05, 3.63) is 12.4 Å². The fourth-order valence-electron chi connectivity index (χ4n) is 2.61. The molecule has 0 spiro atoms. The first-order valence-corrected chi connectivity index (χ1v) is 7.01. The minimum absolute atomic E-state index is 0.860. The van der Waals surface area contributed by atoms with Gasteiger partial charge in [0.05, 0.1) is 0 Å². The lowest BCUT2D eigenvalue weighted by molar-refractivity contribution is 0.282. The van der Waals surface area contributed by atoms with Gasteiger partial charge in [-0.3, -0.25) is 0 Å². The number of hydrogen-bond acceptors (Lipinski definition) is 4. The van der Waals surface area contributed by atoms with Gasteiger partial charge in [0, 0.05) is 19.7 Å². The number of aromatic nitrogens is 2. The van der Waals surface area contributed by atoms with Crippen LogP contribution in [0.25, 0.3) is 0 Å². The molecule has 4 heteroatoms. The summed E-state index contributed by atoms with van der Waals surface area (Å²) in [6.45, 7) is 3.38. The highest BCUT2D eigenvalue weighted by Crippen LogP contribution is 2.30. The molecule has 2 N–H and O–H groups in total. The summed E-state index contributed by atoms with van der Waals surface area (Å²) in [5, 5.41) is 6.41. The van der Waals surface area contributed by atoms with E-state index in [0.717, 1.165) is 30.0 Å². The Kier molecular flexibility index (Phi) is 4.79. The Morgan fingerprint density at radius 1 is 1.17 bits per heavy atom. The van der Waals surface area contributed by atoms with Gasteiger partial charge in [-0.25, -0.2) is 9.97 Å². The summed E-state index contributed by atoms with van der Waals surface area (Å²) in [6.07, 6.45) is 8.45. The van der Waals surface area contributed by atoms with Crippen LogP contribution >= 0.6 is 0 Å². The lowest BCUT2D eigenvalue weighted by Crippen LogP contribution is -2.16. The average molecular weight is 248 g/mol. The van der Waals surface area contributed by atoms with Gasteiger partial charge >= 0.3 is 0 Å². The van der Waals surface area contributed by atoms with Gasteiger partial charge in [0.2, 0.25) is 0 Å². The smallest absolute Gasteiger partial charge is 0.131 e. The Morgan fingerprint density at radius 2 is 1.89 bits per heavy atom. The number of anilines is 2. The van der Waals surface area contributed by atoms with E-state index in [1.807, 2.05) is 13.1 Å². The molecular formula is C14H24N4. The second-order valence-corrected chi connectivity index (χ2v) is 5.38. The third-order valence-electron chi connectivity index (χ3n) is 3.92. The van der Waals surface area contributed by atoms with Crippen LogP contribution in [-0.4, -0.2) is 23.6 Å². The molecule has 0 bridgehead atoms. The molecule has 1 aliphatic carbocycles. The Balaban J connectivity index is 1.71. The quantitative estimate of drug-likeness (QED) is 0.840. The first-order chi connectivity index (χ1) is 8.78. The highest BCUT2D eigenvalue weighted by Gasteiger charge is 2.17. The molecule has 0 aromatic carbocycles. The van der Waals surface area contributed by atoms with Gasteiger partial charge in [-0.15, -0.1) is 0 Å². The van der Waals surface area contributed by atoms with Crippen molar-refractivity contribution in [2.24, 2.45) is 11.8 Å². The van der Waals surface area contributed by atoms with Gasteiger partial charge < -0.3 is 10.6 Å². The van der Waals surface area contributed by atoms with Crippen molar-refractivity contribution in [2.75, 3.05) is 24.2 Å². The van der Waals surface area contributed by atoms with E-state index in [2.05, 4.69) is 27.5 Å². The van der Waals surface area contributed by atoms with E-state index in [0.29, 0.717) is 0 Å². The Hall–Kier alpha value is -1.32. The van der Waals surface area contributed by atoms with E-state index in [9.17, 15) is 0 Å². The molecule has 0 unspecified atom stereocenters. The molecule has 18 heavy (non-hydrogen) atoms. The molecule has 2 rings (SSSR count). The predicted molar refractivity (Wildman–Crippen MR) is 75.8 cm³/mol. The third-order valence-corrected chi connectivity index (χ3v) is 3.92. The zero-order valence-electron chi connectivity index (χ0n) is 11.4. The first kappa shape index (κ1) is 13.1. The lowest BCUT2D eigenvalue weighted by Gasteiger charge is -2.26. The van der Waals surface area contributed by atoms with Crippen LogP contribution < -0.4 is 10.6 Å². The Bertz CT molecular complexity index is 359. The van der Waals surface area contributed by atoms with Crippen LogP contribution in [0.3, 0.4) is 0 Å². The number of nitrogens with zero attached hydrogens (tertiary/aromatic N) is 2. The molecule has 0 saturated heterocycles. The highest BCUT2D eigenvalue weighted by atomic mass is 15.0. The summed E-state index contributed by atoms with van der Waals surface area (Å²) in [5.74, 6) is 3.62. The maximum Gasteiger partial charge on any atom is 0.131 e. The van der Waals surface area contributed by atoms with Crippen LogP contribution in [0.5, 0.6) is 0 Å². The van der Waals surface area contributed by atoms with E-state index in [1.165, 1.54) is 32.1 Å². The lowest BCUT2D eigenvalue weighted by atomic mass is 9.81. The molecule has 0 radical (unpaired) electrons. The largest absolute Gasteiger partial charge is 0.373 e. The predicted octanol–water partition coefficient (Wildman–Crippen LogP) is 3.15. The summed E-state index contributed by atoms with van der Waals surface area (Å²) >= 11 is 0. The molecule has 0 amide bonds. The van der Waals surface area contributed by atoms with Gasteiger partial charge in [-0.1, -0.05) is 32.6 Å².